The molecule has 0 aliphatic carbocycles. The number of urea groups is 1. The van der Waals surface area contributed by atoms with E-state index in [9.17, 15) is 9.59 Å². The standard InChI is InChI=1S/C18H21N3O3/c1-11-7-12(2)20-17(22)15(11)9-19-18(23)21-14-8-13-5-3-4-6-16(13)24-10-14/h3-7,14H,8-10H2,1-2H3,(H,20,22)(H2,19,21,23)/t14-/m1/s1. The quantitative estimate of drug-likeness (QED) is 0.804. The molecule has 0 spiro atoms. The number of aryl methyl sites for hydroxylation is 2. The third-order valence-electron chi connectivity index (χ3n) is 4.13. The van der Waals surface area contributed by atoms with Crippen molar-refractivity contribution in [2.24, 2.45) is 0 Å². The average Bonchev–Trinajstić information content (AvgIpc) is 2.53. The van der Waals surface area contributed by atoms with E-state index in [2.05, 4.69) is 15.6 Å². The molecule has 0 radical (unpaired) electrons. The lowest BCUT2D eigenvalue weighted by atomic mass is 10.0. The van der Waals surface area contributed by atoms with Crippen LogP contribution in [0.15, 0.2) is 35.1 Å². The van der Waals surface area contributed by atoms with Gasteiger partial charge in [-0.15, -0.1) is 0 Å². The van der Waals surface area contributed by atoms with E-state index in [1.165, 1.54) is 0 Å². The van der Waals surface area contributed by atoms with Crippen molar-refractivity contribution in [3.63, 3.8) is 0 Å². The summed E-state index contributed by atoms with van der Waals surface area (Å²) in [6.45, 7) is 4.33. The second-order valence-corrected chi connectivity index (χ2v) is 6.09. The van der Waals surface area contributed by atoms with Gasteiger partial charge in [0.2, 0.25) is 0 Å². The molecular weight excluding hydrogens is 306 g/mol. The maximum atomic E-state index is 12.1. The van der Waals surface area contributed by atoms with Gasteiger partial charge in [-0.05, 0) is 43.5 Å². The highest BCUT2D eigenvalue weighted by Gasteiger charge is 2.21. The molecule has 0 unspecified atom stereocenters. The number of benzene rings is 1. The lowest BCUT2D eigenvalue weighted by molar-refractivity contribution is 0.214. The molecule has 6 nitrogen and oxygen atoms in total. The van der Waals surface area contributed by atoms with Crippen molar-refractivity contribution in [1.82, 2.24) is 15.6 Å². The Balaban J connectivity index is 1.57. The van der Waals surface area contributed by atoms with E-state index in [4.69, 9.17) is 4.74 Å². The molecule has 3 rings (SSSR count). The van der Waals surface area contributed by atoms with Gasteiger partial charge < -0.3 is 20.4 Å². The number of aromatic amines is 1. The van der Waals surface area contributed by atoms with Crippen molar-refractivity contribution < 1.29 is 9.53 Å². The molecular formula is C18H21N3O3. The molecule has 2 heterocycles. The van der Waals surface area contributed by atoms with Gasteiger partial charge in [0.25, 0.3) is 5.56 Å². The minimum absolute atomic E-state index is 0.0858. The molecule has 126 valence electrons. The Morgan fingerprint density at radius 3 is 2.92 bits per heavy atom. The molecule has 2 aromatic rings. The monoisotopic (exact) mass is 327 g/mol. The first-order valence-electron chi connectivity index (χ1n) is 7.97. The normalized spacial score (nSPS) is 16.0. The summed E-state index contributed by atoms with van der Waals surface area (Å²) in [4.78, 5) is 26.8. The van der Waals surface area contributed by atoms with Crippen molar-refractivity contribution in [2.75, 3.05) is 6.61 Å². The summed E-state index contributed by atoms with van der Waals surface area (Å²) in [5.41, 5.74) is 3.17. The molecule has 1 aliphatic rings. The average molecular weight is 327 g/mol. The van der Waals surface area contributed by atoms with E-state index in [-0.39, 0.29) is 24.2 Å². The van der Waals surface area contributed by atoms with Crippen LogP contribution in [0.25, 0.3) is 0 Å². The summed E-state index contributed by atoms with van der Waals surface area (Å²) >= 11 is 0. The summed E-state index contributed by atoms with van der Waals surface area (Å²) in [6, 6.07) is 9.31. The van der Waals surface area contributed by atoms with Crippen molar-refractivity contribution >= 4 is 6.03 Å². The van der Waals surface area contributed by atoms with Crippen LogP contribution in [0.2, 0.25) is 0 Å². The molecule has 0 saturated carbocycles. The fourth-order valence-corrected chi connectivity index (χ4v) is 2.93. The highest BCUT2D eigenvalue weighted by atomic mass is 16.5. The van der Waals surface area contributed by atoms with Crippen molar-refractivity contribution in [3.05, 3.63) is 63.1 Å². The Bertz CT molecular complexity index is 813. The van der Waals surface area contributed by atoms with Crippen molar-refractivity contribution in [3.8, 4) is 5.75 Å². The summed E-state index contributed by atoms with van der Waals surface area (Å²) in [5, 5.41) is 5.64. The number of hydrogen-bond donors (Lipinski definition) is 3. The number of ether oxygens (including phenoxy) is 1. The Labute approximate surface area is 140 Å². The fourth-order valence-electron chi connectivity index (χ4n) is 2.93. The first kappa shape index (κ1) is 16.1. The molecule has 1 atom stereocenters. The minimum atomic E-state index is -0.303. The van der Waals surface area contributed by atoms with Gasteiger partial charge in [0.1, 0.15) is 12.4 Å². The number of fused-ring (bicyclic) bond motifs is 1. The number of hydrogen-bond acceptors (Lipinski definition) is 3. The minimum Gasteiger partial charge on any atom is -0.491 e. The van der Waals surface area contributed by atoms with Gasteiger partial charge in [0, 0.05) is 11.3 Å². The lowest BCUT2D eigenvalue weighted by Crippen LogP contribution is -2.47. The Kier molecular flexibility index (Phi) is 4.55. The topological polar surface area (TPSA) is 83.2 Å². The van der Waals surface area contributed by atoms with Gasteiger partial charge in [-0.1, -0.05) is 18.2 Å². The largest absolute Gasteiger partial charge is 0.491 e. The summed E-state index contributed by atoms with van der Waals surface area (Å²) < 4.78 is 5.65. The molecule has 1 aliphatic heterocycles. The van der Waals surface area contributed by atoms with Gasteiger partial charge in [0.15, 0.2) is 0 Å². The third-order valence-corrected chi connectivity index (χ3v) is 4.13. The summed E-state index contributed by atoms with van der Waals surface area (Å²) in [6.07, 6.45) is 0.730. The van der Waals surface area contributed by atoms with E-state index in [1.54, 1.807) is 0 Å². The van der Waals surface area contributed by atoms with Gasteiger partial charge >= 0.3 is 6.03 Å². The van der Waals surface area contributed by atoms with Crippen molar-refractivity contribution in [2.45, 2.75) is 32.9 Å². The van der Waals surface area contributed by atoms with E-state index in [0.717, 1.165) is 29.0 Å². The SMILES string of the molecule is Cc1cc(C)c(CNC(=O)N[C@H]2COc3ccccc3C2)c(=O)[nH]1. The van der Waals surface area contributed by atoms with Crippen LogP contribution >= 0.6 is 0 Å². The van der Waals surface area contributed by atoms with Crippen LogP contribution in [-0.2, 0) is 13.0 Å². The van der Waals surface area contributed by atoms with Gasteiger partial charge in [-0.25, -0.2) is 4.79 Å². The highest BCUT2D eigenvalue weighted by molar-refractivity contribution is 5.74. The van der Waals surface area contributed by atoms with Crippen LogP contribution in [-0.4, -0.2) is 23.7 Å². The molecule has 0 fully saturated rings. The van der Waals surface area contributed by atoms with E-state index in [0.29, 0.717) is 12.2 Å². The zero-order valence-electron chi connectivity index (χ0n) is 13.8. The maximum Gasteiger partial charge on any atom is 0.315 e. The molecule has 0 saturated heterocycles. The van der Waals surface area contributed by atoms with Crippen LogP contribution in [0.5, 0.6) is 5.75 Å². The predicted molar refractivity (Wildman–Crippen MR) is 91.3 cm³/mol. The Morgan fingerprint density at radius 2 is 2.12 bits per heavy atom. The molecule has 2 amide bonds. The van der Waals surface area contributed by atoms with Crippen LogP contribution in [0.3, 0.4) is 0 Å². The van der Waals surface area contributed by atoms with Gasteiger partial charge in [-0.2, -0.15) is 0 Å². The molecule has 3 N–H and O–H groups in total. The first-order valence-corrected chi connectivity index (χ1v) is 7.97. The smallest absolute Gasteiger partial charge is 0.315 e. The van der Waals surface area contributed by atoms with E-state index in [1.807, 2.05) is 44.2 Å². The van der Waals surface area contributed by atoms with Gasteiger partial charge in [-0.3, -0.25) is 4.79 Å². The number of para-hydroxylation sites is 1. The van der Waals surface area contributed by atoms with E-state index < -0.39 is 0 Å². The summed E-state index contributed by atoms with van der Waals surface area (Å²) in [7, 11) is 0. The number of H-pyrrole nitrogens is 1. The number of carbonyl (C=O) groups excluding carboxylic acids is 1. The second-order valence-electron chi connectivity index (χ2n) is 6.09. The van der Waals surface area contributed by atoms with Gasteiger partial charge in [0.05, 0.1) is 12.6 Å². The first-order chi connectivity index (χ1) is 11.5. The van der Waals surface area contributed by atoms with Crippen LogP contribution in [0.1, 0.15) is 22.4 Å². The van der Waals surface area contributed by atoms with Crippen LogP contribution in [0.4, 0.5) is 4.79 Å². The molecule has 1 aromatic heterocycles. The zero-order valence-corrected chi connectivity index (χ0v) is 13.8. The fraction of sp³-hybridized carbons (Fsp3) is 0.333. The second kappa shape index (κ2) is 6.78. The lowest BCUT2D eigenvalue weighted by Gasteiger charge is -2.26. The molecule has 24 heavy (non-hydrogen) atoms. The third kappa shape index (κ3) is 3.59. The van der Waals surface area contributed by atoms with Crippen LogP contribution in [0, 0.1) is 13.8 Å². The number of rotatable bonds is 3. The predicted octanol–water partition coefficient (Wildman–Crippen LogP) is 1.79. The molecule has 6 heteroatoms. The van der Waals surface area contributed by atoms with Crippen molar-refractivity contribution in [1.29, 1.82) is 0 Å². The highest BCUT2D eigenvalue weighted by Crippen LogP contribution is 2.23. The van der Waals surface area contributed by atoms with E-state index >= 15 is 0 Å². The molecule has 1 aromatic carbocycles. The Hall–Kier alpha value is -2.76. The number of carbonyl (C=O) groups is 1. The number of aromatic nitrogens is 1. The number of amides is 2. The Morgan fingerprint density at radius 1 is 1.33 bits per heavy atom. The summed E-state index contributed by atoms with van der Waals surface area (Å²) in [5.74, 6) is 0.873. The number of nitrogens with one attached hydrogen (secondary N) is 3. The maximum absolute atomic E-state index is 12.1. The number of pyridine rings is 1. The molecule has 0 bridgehead atoms. The zero-order chi connectivity index (χ0) is 17.1. The van der Waals surface area contributed by atoms with Crippen LogP contribution < -0.4 is 20.9 Å².